The zero-order valence-corrected chi connectivity index (χ0v) is 8.80. The fourth-order valence-electron chi connectivity index (χ4n) is 1.54. The molecule has 0 saturated carbocycles. The molecule has 0 atom stereocenters. The summed E-state index contributed by atoms with van der Waals surface area (Å²) in [7, 11) is 0. The predicted molar refractivity (Wildman–Crippen MR) is 60.4 cm³/mol. The van der Waals surface area contributed by atoms with Crippen LogP contribution in [0.3, 0.4) is 0 Å². The van der Waals surface area contributed by atoms with Crippen molar-refractivity contribution < 1.29 is 0 Å². The van der Waals surface area contributed by atoms with E-state index in [4.69, 9.17) is 11.0 Å². The molecule has 0 aliphatic carbocycles. The van der Waals surface area contributed by atoms with Crippen LogP contribution >= 0.6 is 0 Å². The minimum atomic E-state index is 0.482. The molecule has 80 valence electrons. The van der Waals surface area contributed by atoms with E-state index in [-0.39, 0.29) is 0 Å². The van der Waals surface area contributed by atoms with Gasteiger partial charge in [-0.15, -0.1) is 0 Å². The number of nitriles is 1. The van der Waals surface area contributed by atoms with E-state index in [1.54, 1.807) is 12.5 Å². The summed E-state index contributed by atoms with van der Waals surface area (Å²) < 4.78 is 2.00. The van der Waals surface area contributed by atoms with E-state index < -0.39 is 0 Å². The standard InChI is InChI=1S/C12H12N4/c13-5-10-1-3-11(4-2-10)8-16-9-15-7-12(16)6-14/h1-4,7,9H,6,8,14H2. The Bertz CT molecular complexity index is 505. The normalized spacial score (nSPS) is 10.0. The Morgan fingerprint density at radius 1 is 1.31 bits per heavy atom. The smallest absolute Gasteiger partial charge is 0.0991 e. The van der Waals surface area contributed by atoms with Gasteiger partial charge in [0.2, 0.25) is 0 Å². The highest BCUT2D eigenvalue weighted by Crippen LogP contribution is 2.07. The minimum Gasteiger partial charge on any atom is -0.329 e. The van der Waals surface area contributed by atoms with E-state index in [2.05, 4.69) is 11.1 Å². The van der Waals surface area contributed by atoms with Gasteiger partial charge in [-0.05, 0) is 17.7 Å². The van der Waals surface area contributed by atoms with Crippen LogP contribution < -0.4 is 5.73 Å². The molecule has 0 fully saturated rings. The average molecular weight is 212 g/mol. The van der Waals surface area contributed by atoms with Gasteiger partial charge in [0, 0.05) is 19.3 Å². The summed E-state index contributed by atoms with van der Waals surface area (Å²) in [5.74, 6) is 0. The molecule has 0 unspecified atom stereocenters. The summed E-state index contributed by atoms with van der Waals surface area (Å²) in [6, 6.07) is 9.61. The van der Waals surface area contributed by atoms with Gasteiger partial charge in [-0.3, -0.25) is 0 Å². The third-order valence-corrected chi connectivity index (χ3v) is 2.44. The second-order valence-electron chi connectivity index (χ2n) is 3.53. The van der Waals surface area contributed by atoms with Gasteiger partial charge in [0.15, 0.2) is 0 Å². The van der Waals surface area contributed by atoms with Crippen LogP contribution in [-0.2, 0) is 13.1 Å². The van der Waals surface area contributed by atoms with E-state index in [9.17, 15) is 0 Å². The van der Waals surface area contributed by atoms with Crippen LogP contribution in [-0.4, -0.2) is 9.55 Å². The summed E-state index contributed by atoms with van der Waals surface area (Å²) >= 11 is 0. The van der Waals surface area contributed by atoms with Crippen LogP contribution in [0.1, 0.15) is 16.8 Å². The van der Waals surface area contributed by atoms with Crippen LogP contribution in [0.4, 0.5) is 0 Å². The minimum absolute atomic E-state index is 0.482. The maximum Gasteiger partial charge on any atom is 0.0991 e. The van der Waals surface area contributed by atoms with Crippen molar-refractivity contribution in [3.63, 3.8) is 0 Å². The Balaban J connectivity index is 2.18. The zero-order valence-electron chi connectivity index (χ0n) is 8.80. The number of rotatable bonds is 3. The lowest BCUT2D eigenvalue weighted by Crippen LogP contribution is -2.07. The predicted octanol–water partition coefficient (Wildman–Crippen LogP) is 1.26. The van der Waals surface area contributed by atoms with Crippen molar-refractivity contribution >= 4 is 0 Å². The fourth-order valence-corrected chi connectivity index (χ4v) is 1.54. The molecule has 0 bridgehead atoms. The maximum atomic E-state index is 8.69. The maximum absolute atomic E-state index is 8.69. The first kappa shape index (κ1) is 10.4. The van der Waals surface area contributed by atoms with Crippen LogP contribution in [0.5, 0.6) is 0 Å². The lowest BCUT2D eigenvalue weighted by Gasteiger charge is -2.06. The molecule has 2 N–H and O–H groups in total. The number of aromatic nitrogens is 2. The summed E-state index contributed by atoms with van der Waals surface area (Å²) in [5.41, 5.74) is 8.40. The molecular weight excluding hydrogens is 200 g/mol. The molecule has 16 heavy (non-hydrogen) atoms. The molecule has 0 radical (unpaired) electrons. The third-order valence-electron chi connectivity index (χ3n) is 2.44. The largest absolute Gasteiger partial charge is 0.329 e. The van der Waals surface area contributed by atoms with Crippen molar-refractivity contribution in [2.75, 3.05) is 0 Å². The van der Waals surface area contributed by atoms with Crippen molar-refractivity contribution in [2.24, 2.45) is 5.73 Å². The number of benzene rings is 1. The van der Waals surface area contributed by atoms with Crippen LogP contribution in [0.25, 0.3) is 0 Å². The molecule has 1 heterocycles. The summed E-state index contributed by atoms with van der Waals surface area (Å²) in [4.78, 5) is 4.05. The van der Waals surface area contributed by atoms with Gasteiger partial charge in [-0.2, -0.15) is 5.26 Å². The average Bonchev–Trinajstić information content (AvgIpc) is 2.77. The first-order valence-electron chi connectivity index (χ1n) is 5.01. The highest BCUT2D eigenvalue weighted by molar-refractivity contribution is 5.31. The molecule has 2 rings (SSSR count). The van der Waals surface area contributed by atoms with Gasteiger partial charge < -0.3 is 10.3 Å². The highest BCUT2D eigenvalue weighted by atomic mass is 15.0. The van der Waals surface area contributed by atoms with Crippen LogP contribution in [0.15, 0.2) is 36.8 Å². The summed E-state index contributed by atoms with van der Waals surface area (Å²) in [6.07, 6.45) is 3.53. The highest BCUT2D eigenvalue weighted by Gasteiger charge is 2.00. The number of nitrogens with two attached hydrogens (primary N) is 1. The number of hydrogen-bond donors (Lipinski definition) is 1. The first-order valence-corrected chi connectivity index (χ1v) is 5.01. The quantitative estimate of drug-likeness (QED) is 0.832. The fraction of sp³-hybridized carbons (Fsp3) is 0.167. The van der Waals surface area contributed by atoms with Crippen molar-refractivity contribution in [3.8, 4) is 6.07 Å². The monoisotopic (exact) mass is 212 g/mol. The SMILES string of the molecule is N#Cc1ccc(Cn2cncc2CN)cc1. The van der Waals surface area contributed by atoms with Gasteiger partial charge in [-0.25, -0.2) is 4.98 Å². The molecule has 1 aromatic heterocycles. The Labute approximate surface area is 94.0 Å². The third kappa shape index (κ3) is 2.10. The lowest BCUT2D eigenvalue weighted by molar-refractivity contribution is 0.740. The van der Waals surface area contributed by atoms with E-state index in [1.165, 1.54) is 0 Å². The molecule has 0 aliphatic rings. The van der Waals surface area contributed by atoms with E-state index in [0.717, 1.165) is 17.8 Å². The number of nitrogens with zero attached hydrogens (tertiary/aromatic N) is 3. The Morgan fingerprint density at radius 3 is 2.69 bits per heavy atom. The summed E-state index contributed by atoms with van der Waals surface area (Å²) in [6.45, 7) is 1.22. The van der Waals surface area contributed by atoms with Gasteiger partial charge >= 0.3 is 0 Å². The number of imidazole rings is 1. The van der Waals surface area contributed by atoms with Crippen molar-refractivity contribution in [3.05, 3.63) is 53.6 Å². The molecule has 4 heteroatoms. The van der Waals surface area contributed by atoms with Crippen molar-refractivity contribution in [1.29, 1.82) is 5.26 Å². The van der Waals surface area contributed by atoms with E-state index >= 15 is 0 Å². The second kappa shape index (κ2) is 4.60. The molecule has 1 aromatic carbocycles. The molecule has 0 amide bonds. The molecule has 0 spiro atoms. The van der Waals surface area contributed by atoms with Crippen LogP contribution in [0, 0.1) is 11.3 Å². The topological polar surface area (TPSA) is 67.6 Å². The second-order valence-corrected chi connectivity index (χ2v) is 3.53. The molecule has 2 aromatic rings. The molecular formula is C12H12N4. The molecule has 0 aliphatic heterocycles. The molecule has 4 nitrogen and oxygen atoms in total. The Morgan fingerprint density at radius 2 is 2.06 bits per heavy atom. The summed E-state index contributed by atoms with van der Waals surface area (Å²) in [5, 5.41) is 8.69. The van der Waals surface area contributed by atoms with E-state index in [1.807, 2.05) is 28.8 Å². The Hall–Kier alpha value is -2.12. The van der Waals surface area contributed by atoms with Gasteiger partial charge in [0.1, 0.15) is 0 Å². The van der Waals surface area contributed by atoms with Crippen molar-refractivity contribution in [2.45, 2.75) is 13.1 Å². The number of hydrogen-bond acceptors (Lipinski definition) is 3. The molecule has 0 saturated heterocycles. The van der Waals surface area contributed by atoms with Gasteiger partial charge in [0.05, 0.1) is 23.7 Å². The zero-order chi connectivity index (χ0) is 11.4. The van der Waals surface area contributed by atoms with Gasteiger partial charge in [0.25, 0.3) is 0 Å². The van der Waals surface area contributed by atoms with E-state index in [0.29, 0.717) is 12.1 Å². The first-order chi connectivity index (χ1) is 7.83. The van der Waals surface area contributed by atoms with Crippen LogP contribution in [0.2, 0.25) is 0 Å². The Kier molecular flexibility index (Phi) is 2.99. The van der Waals surface area contributed by atoms with Gasteiger partial charge in [-0.1, -0.05) is 12.1 Å². The lowest BCUT2D eigenvalue weighted by atomic mass is 10.1. The van der Waals surface area contributed by atoms with Crippen molar-refractivity contribution in [1.82, 2.24) is 9.55 Å².